The fourth-order valence-corrected chi connectivity index (χ4v) is 2.81. The number of hydrogen-bond acceptors (Lipinski definition) is 1. The lowest BCUT2D eigenvalue weighted by Crippen LogP contribution is -2.05. The highest BCUT2D eigenvalue weighted by atomic mass is 79.9. The first-order valence-electron chi connectivity index (χ1n) is 6.21. The van der Waals surface area contributed by atoms with Gasteiger partial charge in [0.05, 0.1) is 5.36 Å². The van der Waals surface area contributed by atoms with E-state index < -0.39 is 0 Å². The van der Waals surface area contributed by atoms with E-state index in [1.165, 1.54) is 12.1 Å². The Hall–Kier alpha value is -1.94. The molecule has 0 saturated heterocycles. The van der Waals surface area contributed by atoms with Crippen LogP contribution in [0.3, 0.4) is 0 Å². The van der Waals surface area contributed by atoms with Crippen LogP contribution in [0.4, 0.5) is 4.39 Å². The zero-order valence-corrected chi connectivity index (χ0v) is 12.2. The van der Waals surface area contributed by atoms with E-state index in [2.05, 4.69) is 15.9 Å². The highest BCUT2D eigenvalue weighted by molar-refractivity contribution is 9.10. The van der Waals surface area contributed by atoms with E-state index in [0.29, 0.717) is 11.9 Å². The van der Waals surface area contributed by atoms with Crippen LogP contribution in [-0.4, -0.2) is 4.57 Å². The number of hydrogen-bond donors (Lipinski definition) is 1. The molecule has 0 aliphatic heterocycles. The van der Waals surface area contributed by atoms with E-state index in [1.807, 2.05) is 29.1 Å². The molecule has 0 amide bonds. The molecule has 0 saturated carbocycles. The van der Waals surface area contributed by atoms with Gasteiger partial charge in [0.15, 0.2) is 0 Å². The molecule has 2 aromatic carbocycles. The third kappa shape index (κ3) is 2.51. The zero-order chi connectivity index (χ0) is 14.1. The van der Waals surface area contributed by atoms with E-state index >= 15 is 0 Å². The average Bonchev–Trinajstić information content (AvgIpc) is 2.44. The van der Waals surface area contributed by atoms with E-state index in [-0.39, 0.29) is 5.82 Å². The zero-order valence-electron chi connectivity index (χ0n) is 10.6. The van der Waals surface area contributed by atoms with Gasteiger partial charge in [-0.2, -0.15) is 0 Å². The maximum Gasteiger partial charge on any atom is 0.123 e. The first-order chi connectivity index (χ1) is 9.63. The van der Waals surface area contributed by atoms with Crippen molar-refractivity contribution in [2.45, 2.75) is 6.54 Å². The molecule has 0 aliphatic rings. The first kappa shape index (κ1) is 13.1. The Morgan fingerprint density at radius 2 is 1.80 bits per heavy atom. The monoisotopic (exact) mass is 330 g/mol. The minimum atomic E-state index is -0.224. The SMILES string of the molecule is N=c1ccn(Cc2ccc3cc(F)ccc3c2Br)cc1. The molecule has 0 radical (unpaired) electrons. The van der Waals surface area contributed by atoms with Gasteiger partial charge >= 0.3 is 0 Å². The van der Waals surface area contributed by atoms with Crippen molar-refractivity contribution >= 4 is 26.7 Å². The Labute approximate surface area is 124 Å². The van der Waals surface area contributed by atoms with Gasteiger partial charge in [0, 0.05) is 23.4 Å². The van der Waals surface area contributed by atoms with Gasteiger partial charge in [0.25, 0.3) is 0 Å². The first-order valence-corrected chi connectivity index (χ1v) is 7.00. The molecule has 0 spiro atoms. The van der Waals surface area contributed by atoms with Gasteiger partial charge in [-0.3, -0.25) is 0 Å². The number of pyridine rings is 1. The summed E-state index contributed by atoms with van der Waals surface area (Å²) < 4.78 is 16.2. The molecular formula is C16H12BrFN2. The summed E-state index contributed by atoms with van der Waals surface area (Å²) in [6, 6.07) is 12.2. The van der Waals surface area contributed by atoms with Crippen molar-refractivity contribution in [1.82, 2.24) is 4.57 Å². The average molecular weight is 331 g/mol. The van der Waals surface area contributed by atoms with E-state index in [9.17, 15) is 4.39 Å². The maximum absolute atomic E-state index is 13.2. The van der Waals surface area contributed by atoms with Crippen LogP contribution in [0.5, 0.6) is 0 Å². The van der Waals surface area contributed by atoms with Gasteiger partial charge in [0.1, 0.15) is 5.82 Å². The predicted molar refractivity (Wildman–Crippen MR) is 81.0 cm³/mol. The molecule has 1 heterocycles. The molecule has 1 aromatic heterocycles. The van der Waals surface area contributed by atoms with Gasteiger partial charge in [-0.15, -0.1) is 0 Å². The molecule has 3 rings (SSSR count). The minimum absolute atomic E-state index is 0.224. The van der Waals surface area contributed by atoms with Crippen molar-refractivity contribution in [1.29, 1.82) is 5.41 Å². The summed E-state index contributed by atoms with van der Waals surface area (Å²) in [5, 5.41) is 9.86. The fourth-order valence-electron chi connectivity index (χ4n) is 2.19. The van der Waals surface area contributed by atoms with Crippen LogP contribution in [0.2, 0.25) is 0 Å². The number of benzene rings is 2. The summed E-state index contributed by atoms with van der Waals surface area (Å²) in [6.45, 7) is 0.703. The Kier molecular flexibility index (Phi) is 3.40. The van der Waals surface area contributed by atoms with Gasteiger partial charge in [0.2, 0.25) is 0 Å². The molecule has 1 N–H and O–H groups in total. The second kappa shape index (κ2) is 5.21. The largest absolute Gasteiger partial charge is 0.350 e. The minimum Gasteiger partial charge on any atom is -0.350 e. The molecule has 0 bridgehead atoms. The van der Waals surface area contributed by atoms with Gasteiger partial charge in [-0.05, 0) is 56.5 Å². The molecule has 100 valence electrons. The van der Waals surface area contributed by atoms with Crippen LogP contribution in [0.1, 0.15) is 5.56 Å². The molecule has 2 nitrogen and oxygen atoms in total. The Morgan fingerprint density at radius 3 is 2.55 bits per heavy atom. The second-order valence-electron chi connectivity index (χ2n) is 4.66. The Morgan fingerprint density at radius 1 is 1.05 bits per heavy atom. The molecule has 20 heavy (non-hydrogen) atoms. The Balaban J connectivity index is 2.04. The standard InChI is InChI=1S/C16H12BrFN2/c17-16-12(10-20-7-5-14(19)6-8-20)2-1-11-9-13(18)3-4-15(11)16/h1-9,19H,10H2. The van der Waals surface area contributed by atoms with Crippen LogP contribution in [0, 0.1) is 11.2 Å². The van der Waals surface area contributed by atoms with Crippen LogP contribution in [0.25, 0.3) is 10.8 Å². The number of nitrogens with one attached hydrogen (secondary N) is 1. The van der Waals surface area contributed by atoms with Crippen molar-refractivity contribution < 1.29 is 4.39 Å². The lowest BCUT2D eigenvalue weighted by atomic mass is 10.1. The highest BCUT2D eigenvalue weighted by Gasteiger charge is 2.06. The summed E-state index contributed by atoms with van der Waals surface area (Å²) >= 11 is 3.61. The van der Waals surface area contributed by atoms with Crippen molar-refractivity contribution in [2.24, 2.45) is 0 Å². The van der Waals surface area contributed by atoms with Crippen LogP contribution >= 0.6 is 15.9 Å². The van der Waals surface area contributed by atoms with Crippen LogP contribution in [0.15, 0.2) is 59.3 Å². The van der Waals surface area contributed by atoms with Crippen LogP contribution in [-0.2, 0) is 6.54 Å². The third-order valence-electron chi connectivity index (χ3n) is 3.24. The number of nitrogens with zero attached hydrogens (tertiary/aromatic N) is 1. The summed E-state index contributed by atoms with van der Waals surface area (Å²) in [7, 11) is 0. The van der Waals surface area contributed by atoms with Crippen molar-refractivity contribution in [3.05, 3.63) is 76.1 Å². The summed E-state index contributed by atoms with van der Waals surface area (Å²) in [6.07, 6.45) is 3.76. The summed E-state index contributed by atoms with van der Waals surface area (Å²) in [5.74, 6) is -0.224. The van der Waals surface area contributed by atoms with Gasteiger partial charge in [-0.25, -0.2) is 4.39 Å². The molecule has 0 unspecified atom stereocenters. The Bertz CT molecular complexity index is 819. The molecule has 0 aliphatic carbocycles. The van der Waals surface area contributed by atoms with E-state index in [4.69, 9.17) is 5.41 Å². The molecular weight excluding hydrogens is 319 g/mol. The molecule has 4 heteroatoms. The summed E-state index contributed by atoms with van der Waals surface area (Å²) in [4.78, 5) is 0. The smallest absolute Gasteiger partial charge is 0.123 e. The normalized spacial score (nSPS) is 10.9. The lowest BCUT2D eigenvalue weighted by Gasteiger charge is -2.10. The van der Waals surface area contributed by atoms with Crippen molar-refractivity contribution in [3.63, 3.8) is 0 Å². The maximum atomic E-state index is 13.2. The number of fused-ring (bicyclic) bond motifs is 1. The quantitative estimate of drug-likeness (QED) is 0.733. The number of aromatic nitrogens is 1. The van der Waals surface area contributed by atoms with Crippen molar-refractivity contribution in [2.75, 3.05) is 0 Å². The fraction of sp³-hybridized carbons (Fsp3) is 0.0625. The van der Waals surface area contributed by atoms with E-state index in [1.54, 1.807) is 18.2 Å². The third-order valence-corrected chi connectivity index (χ3v) is 4.18. The number of rotatable bonds is 2. The summed E-state index contributed by atoms with van der Waals surface area (Å²) in [5.41, 5.74) is 1.12. The number of halogens is 2. The lowest BCUT2D eigenvalue weighted by molar-refractivity contribution is 0.629. The molecule has 3 aromatic rings. The van der Waals surface area contributed by atoms with Gasteiger partial charge in [-0.1, -0.05) is 18.2 Å². The predicted octanol–water partition coefficient (Wildman–Crippen LogP) is 4.07. The van der Waals surface area contributed by atoms with Crippen LogP contribution < -0.4 is 5.36 Å². The van der Waals surface area contributed by atoms with Gasteiger partial charge < -0.3 is 9.98 Å². The molecule has 0 atom stereocenters. The van der Waals surface area contributed by atoms with E-state index in [0.717, 1.165) is 20.8 Å². The van der Waals surface area contributed by atoms with Crippen molar-refractivity contribution in [3.8, 4) is 0 Å². The molecule has 0 fully saturated rings. The second-order valence-corrected chi connectivity index (χ2v) is 5.46. The highest BCUT2D eigenvalue weighted by Crippen LogP contribution is 2.28. The topological polar surface area (TPSA) is 28.8 Å².